The quantitative estimate of drug-likeness (QED) is 0.482. The van der Waals surface area contributed by atoms with Crippen molar-refractivity contribution >= 4 is 29.0 Å². The fourth-order valence-electron chi connectivity index (χ4n) is 4.26. The van der Waals surface area contributed by atoms with Gasteiger partial charge in [-0.1, -0.05) is 24.3 Å². The molecule has 0 spiro atoms. The van der Waals surface area contributed by atoms with Crippen molar-refractivity contribution in [1.82, 2.24) is 9.55 Å². The standard InChI is InChI=1S/C26H24N6O3/c1-30(2)17-9-5-15(6-10-17)13-20-25(33)34-23-19(14-27)21(16-7-11-18(12-8-16)31(3)4)22-24(32(20)23)35-26(28)29-22/h5-13,21H,1-4H3,(H2,28,29)/b20-13+/t21-/m0/s1. The smallest absolute Gasteiger partial charge is 0.362 e. The maximum Gasteiger partial charge on any atom is 0.362 e. The highest BCUT2D eigenvalue weighted by Gasteiger charge is 2.36. The van der Waals surface area contributed by atoms with E-state index in [1.807, 2.05) is 86.5 Å². The SMILES string of the molecule is CN(C)c1ccc(/C=c2\c(=O)oc3n2-c2oc(N)nc2[C@@H](c2ccc(N(C)C)cc2)C=3C#N)cc1. The molecule has 4 aromatic rings. The first-order valence-electron chi connectivity index (χ1n) is 11.0. The van der Waals surface area contributed by atoms with Crippen LogP contribution in [0.3, 0.4) is 0 Å². The number of aromatic nitrogens is 2. The van der Waals surface area contributed by atoms with Gasteiger partial charge in [0.2, 0.25) is 11.4 Å². The molecule has 2 aromatic heterocycles. The van der Waals surface area contributed by atoms with Gasteiger partial charge in [-0.3, -0.25) is 0 Å². The van der Waals surface area contributed by atoms with Crippen LogP contribution in [-0.4, -0.2) is 37.7 Å². The lowest BCUT2D eigenvalue weighted by atomic mass is 9.87. The number of hydrogen-bond acceptors (Lipinski definition) is 8. The predicted molar refractivity (Wildman–Crippen MR) is 134 cm³/mol. The molecule has 0 bridgehead atoms. The van der Waals surface area contributed by atoms with Crippen molar-refractivity contribution in [3.63, 3.8) is 0 Å². The molecule has 3 heterocycles. The zero-order chi connectivity index (χ0) is 24.9. The van der Waals surface area contributed by atoms with E-state index < -0.39 is 11.5 Å². The van der Waals surface area contributed by atoms with Gasteiger partial charge in [0, 0.05) is 39.6 Å². The van der Waals surface area contributed by atoms with Gasteiger partial charge < -0.3 is 24.4 Å². The summed E-state index contributed by atoms with van der Waals surface area (Å²) in [5, 5.41) is 10.4. The van der Waals surface area contributed by atoms with E-state index >= 15 is 0 Å². The molecule has 1 atom stereocenters. The second-order valence-electron chi connectivity index (χ2n) is 8.73. The molecule has 1 aliphatic heterocycles. The van der Waals surface area contributed by atoms with Crippen LogP contribution >= 0.6 is 0 Å². The Morgan fingerprint density at radius 2 is 1.60 bits per heavy atom. The van der Waals surface area contributed by atoms with E-state index in [4.69, 9.17) is 14.6 Å². The lowest BCUT2D eigenvalue weighted by Gasteiger charge is -2.20. The normalized spacial score (nSPS) is 14.9. The Balaban J connectivity index is 1.76. The van der Waals surface area contributed by atoms with Crippen molar-refractivity contribution in [3.05, 3.63) is 86.7 Å². The molecule has 2 aromatic carbocycles. The summed E-state index contributed by atoms with van der Waals surface area (Å²) in [4.78, 5) is 21.3. The van der Waals surface area contributed by atoms with Crippen LogP contribution in [0, 0.1) is 11.3 Å². The Morgan fingerprint density at radius 1 is 1.00 bits per heavy atom. The molecular weight excluding hydrogens is 444 g/mol. The van der Waals surface area contributed by atoms with E-state index in [-0.39, 0.29) is 28.4 Å². The molecule has 0 aliphatic carbocycles. The summed E-state index contributed by atoms with van der Waals surface area (Å²) in [6.45, 7) is 0. The average Bonchev–Trinajstić information content (AvgIpc) is 3.37. The van der Waals surface area contributed by atoms with E-state index in [2.05, 4.69) is 11.1 Å². The molecule has 9 heteroatoms. The van der Waals surface area contributed by atoms with Gasteiger partial charge in [0.15, 0.2) is 0 Å². The number of nitriles is 1. The van der Waals surface area contributed by atoms with Gasteiger partial charge in [-0.25, -0.2) is 9.36 Å². The Bertz CT molecular complexity index is 1630. The lowest BCUT2D eigenvalue weighted by Crippen LogP contribution is -2.35. The van der Waals surface area contributed by atoms with Gasteiger partial charge in [-0.15, -0.1) is 0 Å². The van der Waals surface area contributed by atoms with Crippen LogP contribution in [0.1, 0.15) is 22.7 Å². The van der Waals surface area contributed by atoms with Crippen molar-refractivity contribution in [3.8, 4) is 12.0 Å². The molecule has 0 fully saturated rings. The maximum absolute atomic E-state index is 13.0. The van der Waals surface area contributed by atoms with Crippen molar-refractivity contribution in [1.29, 1.82) is 5.26 Å². The summed E-state index contributed by atoms with van der Waals surface area (Å²) >= 11 is 0. The molecule has 176 valence electrons. The van der Waals surface area contributed by atoms with Crippen molar-refractivity contribution < 1.29 is 8.83 Å². The number of nitrogen functional groups attached to an aromatic ring is 1. The number of nitrogens with two attached hydrogens (primary N) is 1. The molecule has 0 unspecified atom stereocenters. The lowest BCUT2D eigenvalue weighted by molar-refractivity contribution is 0.455. The fraction of sp³-hybridized carbons (Fsp3) is 0.192. The third-order valence-corrected chi connectivity index (χ3v) is 6.07. The minimum absolute atomic E-state index is 0.0579. The fourth-order valence-corrected chi connectivity index (χ4v) is 4.26. The summed E-state index contributed by atoms with van der Waals surface area (Å²) in [6, 6.07) is 17.6. The third kappa shape index (κ3) is 3.65. The van der Waals surface area contributed by atoms with E-state index in [9.17, 15) is 10.1 Å². The number of hydrogen-bond donors (Lipinski definition) is 1. The Morgan fingerprint density at radius 3 is 2.17 bits per heavy atom. The number of nitrogens with zero attached hydrogens (tertiary/aromatic N) is 5. The molecule has 1 aliphatic rings. The highest BCUT2D eigenvalue weighted by Crippen LogP contribution is 2.38. The number of oxazole rings is 2. The molecule has 5 rings (SSSR count). The van der Waals surface area contributed by atoms with Crippen LogP contribution in [0.2, 0.25) is 0 Å². The van der Waals surface area contributed by atoms with Crippen molar-refractivity contribution in [2.75, 3.05) is 43.7 Å². The van der Waals surface area contributed by atoms with Crippen LogP contribution in [0.25, 0.3) is 17.5 Å². The van der Waals surface area contributed by atoms with E-state index in [0.717, 1.165) is 22.5 Å². The number of rotatable bonds is 4. The zero-order valence-corrected chi connectivity index (χ0v) is 19.8. The second kappa shape index (κ2) is 8.25. The van der Waals surface area contributed by atoms with Crippen LogP contribution < -0.4 is 32.1 Å². The zero-order valence-electron chi connectivity index (χ0n) is 19.8. The predicted octanol–water partition coefficient (Wildman–Crippen LogP) is 1.78. The molecule has 0 amide bonds. The molecule has 35 heavy (non-hydrogen) atoms. The van der Waals surface area contributed by atoms with Gasteiger partial charge >= 0.3 is 5.63 Å². The van der Waals surface area contributed by atoms with Gasteiger partial charge in [0.25, 0.3) is 6.01 Å². The highest BCUT2D eigenvalue weighted by molar-refractivity contribution is 5.73. The largest absolute Gasteiger partial charge is 0.406 e. The topological polar surface area (TPSA) is 117 Å². The molecular formula is C26H24N6O3. The first-order chi connectivity index (χ1) is 16.8. The Kier molecular flexibility index (Phi) is 5.21. The van der Waals surface area contributed by atoms with Gasteiger partial charge in [-0.2, -0.15) is 10.2 Å². The van der Waals surface area contributed by atoms with Crippen LogP contribution in [0.15, 0.2) is 62.2 Å². The summed E-state index contributed by atoms with van der Waals surface area (Å²) in [5.74, 6) is -0.328. The summed E-state index contributed by atoms with van der Waals surface area (Å²) in [7, 11) is 7.81. The number of anilines is 3. The molecule has 0 radical (unpaired) electrons. The van der Waals surface area contributed by atoms with Crippen LogP contribution in [0.4, 0.5) is 17.4 Å². The third-order valence-electron chi connectivity index (χ3n) is 6.07. The van der Waals surface area contributed by atoms with E-state index in [0.29, 0.717) is 5.69 Å². The van der Waals surface area contributed by atoms with Gasteiger partial charge in [0.05, 0.1) is 5.92 Å². The van der Waals surface area contributed by atoms with Gasteiger partial charge in [0.1, 0.15) is 22.7 Å². The molecule has 0 saturated carbocycles. The first-order valence-corrected chi connectivity index (χ1v) is 11.0. The minimum atomic E-state index is -0.593. The Hall–Kier alpha value is -4.71. The summed E-state index contributed by atoms with van der Waals surface area (Å²) in [5.41, 5.74) is 9.81. The van der Waals surface area contributed by atoms with Crippen molar-refractivity contribution in [2.24, 2.45) is 0 Å². The first kappa shape index (κ1) is 22.1. The van der Waals surface area contributed by atoms with E-state index in [1.165, 1.54) is 4.57 Å². The van der Waals surface area contributed by atoms with Crippen LogP contribution in [-0.2, 0) is 0 Å². The van der Waals surface area contributed by atoms with Crippen LogP contribution in [0.5, 0.6) is 0 Å². The highest BCUT2D eigenvalue weighted by atomic mass is 16.4. The van der Waals surface area contributed by atoms with Gasteiger partial charge in [-0.05, 0) is 41.5 Å². The average molecular weight is 469 g/mol. The minimum Gasteiger partial charge on any atom is -0.406 e. The van der Waals surface area contributed by atoms with E-state index in [1.54, 1.807) is 6.08 Å². The molecule has 0 saturated heterocycles. The Labute approximate surface area is 201 Å². The van der Waals surface area contributed by atoms with Crippen molar-refractivity contribution in [2.45, 2.75) is 5.92 Å². The summed E-state index contributed by atoms with van der Waals surface area (Å²) < 4.78 is 12.9. The maximum atomic E-state index is 13.0. The molecule has 9 nitrogen and oxygen atoms in total. The number of benzene rings is 2. The monoisotopic (exact) mass is 468 g/mol. The second-order valence-corrected chi connectivity index (χ2v) is 8.73. The summed E-state index contributed by atoms with van der Waals surface area (Å²) in [6.07, 6.45) is 1.69. The molecule has 2 N–H and O–H groups in total. The number of fused-ring (bicyclic) bond motifs is 3.